The van der Waals surface area contributed by atoms with E-state index in [1.807, 2.05) is 0 Å². The molecule has 0 amide bonds. The lowest BCUT2D eigenvalue weighted by atomic mass is 10.2. The molecule has 2 rings (SSSR count). The number of carboxylic acid groups (broad SMARTS) is 1. The van der Waals surface area contributed by atoms with Gasteiger partial charge in [-0.1, -0.05) is 22.0 Å². The summed E-state index contributed by atoms with van der Waals surface area (Å²) >= 11 is 3.99. The van der Waals surface area contributed by atoms with Crippen LogP contribution in [0.4, 0.5) is 5.69 Å². The third-order valence-electron chi connectivity index (χ3n) is 2.50. The molecule has 2 N–H and O–H groups in total. The van der Waals surface area contributed by atoms with Crippen LogP contribution in [0.3, 0.4) is 0 Å². The zero-order valence-corrected chi connectivity index (χ0v) is 13.5. The lowest BCUT2D eigenvalue weighted by Crippen LogP contribution is -2.12. The van der Waals surface area contributed by atoms with E-state index in [9.17, 15) is 13.2 Å². The SMILES string of the molecule is Cc1ccc(Br)cc1NS(=O)(=O)c1ccc(C(=O)O)s1. The molecule has 20 heavy (non-hydrogen) atoms. The highest BCUT2D eigenvalue weighted by molar-refractivity contribution is 9.10. The smallest absolute Gasteiger partial charge is 0.345 e. The summed E-state index contributed by atoms with van der Waals surface area (Å²) in [6.45, 7) is 1.78. The molecule has 0 saturated heterocycles. The van der Waals surface area contributed by atoms with E-state index in [0.717, 1.165) is 10.0 Å². The first-order chi connectivity index (χ1) is 9.29. The van der Waals surface area contributed by atoms with E-state index in [1.165, 1.54) is 12.1 Å². The van der Waals surface area contributed by atoms with Gasteiger partial charge in [-0.25, -0.2) is 13.2 Å². The third kappa shape index (κ3) is 3.20. The molecular formula is C12H10BrNO4S2. The van der Waals surface area contributed by atoms with Gasteiger partial charge in [0.15, 0.2) is 0 Å². The molecule has 1 aromatic carbocycles. The van der Waals surface area contributed by atoms with Crippen LogP contribution in [0.15, 0.2) is 39.0 Å². The Morgan fingerprint density at radius 3 is 2.60 bits per heavy atom. The Balaban J connectivity index is 2.35. The van der Waals surface area contributed by atoms with Gasteiger partial charge in [-0.3, -0.25) is 4.72 Å². The van der Waals surface area contributed by atoms with Crippen LogP contribution in [0.25, 0.3) is 0 Å². The van der Waals surface area contributed by atoms with Gasteiger partial charge < -0.3 is 5.11 Å². The molecule has 1 aromatic heterocycles. The first-order valence-electron chi connectivity index (χ1n) is 5.42. The van der Waals surface area contributed by atoms with Crippen LogP contribution in [0, 0.1) is 6.92 Å². The number of nitrogens with one attached hydrogen (secondary N) is 1. The molecule has 0 atom stereocenters. The molecule has 0 aliphatic heterocycles. The summed E-state index contributed by atoms with van der Waals surface area (Å²) in [5.74, 6) is -1.14. The van der Waals surface area contributed by atoms with Crippen molar-refractivity contribution in [3.05, 3.63) is 45.2 Å². The number of halogens is 1. The topological polar surface area (TPSA) is 83.5 Å². The van der Waals surface area contributed by atoms with Crippen molar-refractivity contribution in [2.75, 3.05) is 4.72 Å². The number of rotatable bonds is 4. The summed E-state index contributed by atoms with van der Waals surface area (Å²) in [7, 11) is -3.78. The van der Waals surface area contributed by atoms with E-state index < -0.39 is 16.0 Å². The maximum Gasteiger partial charge on any atom is 0.345 e. The number of thiophene rings is 1. The first-order valence-corrected chi connectivity index (χ1v) is 8.51. The number of sulfonamides is 1. The fourth-order valence-corrected chi connectivity index (χ4v) is 4.11. The molecule has 1 heterocycles. The van der Waals surface area contributed by atoms with Crippen LogP contribution >= 0.6 is 27.3 Å². The van der Waals surface area contributed by atoms with Gasteiger partial charge in [0.1, 0.15) is 9.09 Å². The Kier molecular flexibility index (Phi) is 4.17. The second-order valence-corrected chi connectivity index (χ2v) is 7.90. The van der Waals surface area contributed by atoms with E-state index in [4.69, 9.17) is 5.11 Å². The quantitative estimate of drug-likeness (QED) is 0.858. The van der Waals surface area contributed by atoms with Gasteiger partial charge in [0.2, 0.25) is 0 Å². The molecule has 0 aliphatic carbocycles. The van der Waals surface area contributed by atoms with E-state index in [2.05, 4.69) is 20.7 Å². The monoisotopic (exact) mass is 375 g/mol. The minimum atomic E-state index is -3.78. The van der Waals surface area contributed by atoms with Crippen LogP contribution < -0.4 is 4.72 Å². The minimum Gasteiger partial charge on any atom is -0.477 e. The molecule has 0 aliphatic rings. The second-order valence-electron chi connectivity index (χ2n) is 3.99. The molecule has 0 saturated carbocycles. The summed E-state index contributed by atoms with van der Waals surface area (Å²) in [6, 6.07) is 7.79. The molecule has 8 heteroatoms. The maximum atomic E-state index is 12.2. The first kappa shape index (κ1) is 15.0. The van der Waals surface area contributed by atoms with Crippen LogP contribution in [-0.2, 0) is 10.0 Å². The van der Waals surface area contributed by atoms with Crippen molar-refractivity contribution in [1.82, 2.24) is 0 Å². The lowest BCUT2D eigenvalue weighted by molar-refractivity contribution is 0.0702. The Hall–Kier alpha value is -1.38. The van der Waals surface area contributed by atoms with Crippen LogP contribution in [0.2, 0.25) is 0 Å². The fraction of sp³-hybridized carbons (Fsp3) is 0.0833. The Morgan fingerprint density at radius 1 is 1.30 bits per heavy atom. The molecular weight excluding hydrogens is 366 g/mol. The van der Waals surface area contributed by atoms with Gasteiger partial charge in [-0.2, -0.15) is 0 Å². The highest BCUT2D eigenvalue weighted by Crippen LogP contribution is 2.27. The minimum absolute atomic E-state index is 0.0173. The maximum absolute atomic E-state index is 12.2. The zero-order valence-electron chi connectivity index (χ0n) is 10.3. The van der Waals surface area contributed by atoms with Crippen molar-refractivity contribution < 1.29 is 18.3 Å². The molecule has 0 fully saturated rings. The van der Waals surface area contributed by atoms with Gasteiger partial charge in [0.25, 0.3) is 10.0 Å². The number of hydrogen-bond acceptors (Lipinski definition) is 4. The highest BCUT2D eigenvalue weighted by atomic mass is 79.9. The predicted octanol–water partition coefficient (Wildman–Crippen LogP) is 3.32. The van der Waals surface area contributed by atoms with E-state index in [-0.39, 0.29) is 9.09 Å². The van der Waals surface area contributed by atoms with Crippen LogP contribution in [0.5, 0.6) is 0 Å². The van der Waals surface area contributed by atoms with Crippen LogP contribution in [-0.4, -0.2) is 19.5 Å². The number of hydrogen-bond donors (Lipinski definition) is 2. The van der Waals surface area contributed by atoms with Crippen molar-refractivity contribution >= 4 is 48.9 Å². The predicted molar refractivity (Wildman–Crippen MR) is 81.0 cm³/mol. The van der Waals surface area contributed by atoms with Gasteiger partial charge in [0, 0.05) is 4.47 Å². The molecule has 5 nitrogen and oxygen atoms in total. The molecule has 0 spiro atoms. The summed E-state index contributed by atoms with van der Waals surface area (Å²) < 4.78 is 27.6. The number of aryl methyl sites for hydroxylation is 1. The molecule has 0 radical (unpaired) electrons. The van der Waals surface area contributed by atoms with E-state index in [0.29, 0.717) is 17.0 Å². The molecule has 0 bridgehead atoms. The normalized spacial score (nSPS) is 11.3. The van der Waals surface area contributed by atoms with Gasteiger partial charge in [-0.05, 0) is 36.8 Å². The average molecular weight is 376 g/mol. The van der Waals surface area contributed by atoms with Crippen molar-refractivity contribution in [2.24, 2.45) is 0 Å². The standard InChI is InChI=1S/C12H10BrNO4S2/c1-7-2-3-8(13)6-9(7)14-20(17,18)11-5-4-10(19-11)12(15)16/h2-6,14H,1H3,(H,15,16). The molecule has 106 valence electrons. The second kappa shape index (κ2) is 5.55. The number of carboxylic acids is 1. The summed E-state index contributed by atoms with van der Waals surface area (Å²) in [5.41, 5.74) is 1.22. The molecule has 2 aromatic rings. The number of anilines is 1. The molecule has 0 unspecified atom stereocenters. The summed E-state index contributed by atoms with van der Waals surface area (Å²) in [5, 5.41) is 8.82. The number of carbonyl (C=O) groups is 1. The van der Waals surface area contributed by atoms with Gasteiger partial charge in [-0.15, -0.1) is 11.3 Å². The highest BCUT2D eigenvalue weighted by Gasteiger charge is 2.19. The lowest BCUT2D eigenvalue weighted by Gasteiger charge is -2.09. The number of aromatic carboxylic acids is 1. The van der Waals surface area contributed by atoms with Crippen LogP contribution in [0.1, 0.15) is 15.2 Å². The average Bonchev–Trinajstić information content (AvgIpc) is 2.84. The third-order valence-corrected chi connectivity index (χ3v) is 5.92. The fourth-order valence-electron chi connectivity index (χ4n) is 1.48. The van der Waals surface area contributed by atoms with E-state index >= 15 is 0 Å². The Labute approximate surface area is 128 Å². The summed E-state index contributed by atoms with van der Waals surface area (Å²) in [6.07, 6.45) is 0. The largest absolute Gasteiger partial charge is 0.477 e. The van der Waals surface area contributed by atoms with Crippen molar-refractivity contribution in [2.45, 2.75) is 11.1 Å². The Bertz CT molecular complexity index is 768. The zero-order chi connectivity index (χ0) is 14.9. The van der Waals surface area contributed by atoms with E-state index in [1.54, 1.807) is 25.1 Å². The van der Waals surface area contributed by atoms with Gasteiger partial charge >= 0.3 is 5.97 Å². The Morgan fingerprint density at radius 2 is 2.00 bits per heavy atom. The van der Waals surface area contributed by atoms with Gasteiger partial charge in [0.05, 0.1) is 5.69 Å². The van der Waals surface area contributed by atoms with Crippen molar-refractivity contribution in [3.8, 4) is 0 Å². The summed E-state index contributed by atoms with van der Waals surface area (Å²) in [4.78, 5) is 10.8. The van der Waals surface area contributed by atoms with Crippen molar-refractivity contribution in [1.29, 1.82) is 0 Å². The number of benzene rings is 1. The van der Waals surface area contributed by atoms with Crippen molar-refractivity contribution in [3.63, 3.8) is 0 Å².